The van der Waals surface area contributed by atoms with E-state index in [0.717, 1.165) is 22.2 Å². The third-order valence-corrected chi connectivity index (χ3v) is 3.69. The van der Waals surface area contributed by atoms with Crippen LogP contribution in [0.25, 0.3) is 0 Å². The molecule has 0 aliphatic rings. The van der Waals surface area contributed by atoms with Crippen LogP contribution in [0.2, 0.25) is 6.04 Å². The van der Waals surface area contributed by atoms with Crippen molar-refractivity contribution in [2.75, 3.05) is 0 Å². The molecule has 0 saturated heterocycles. The normalized spacial score (nSPS) is 13.9. The molecular weight excluding hydrogens is 120 g/mol. The zero-order valence-corrected chi connectivity index (χ0v) is 7.88. The molecule has 0 aromatic heterocycles. The van der Waals surface area contributed by atoms with E-state index in [1.165, 1.54) is 0 Å². The van der Waals surface area contributed by atoms with Crippen molar-refractivity contribution in [3.05, 3.63) is 12.7 Å². The Morgan fingerprint density at radius 2 is 2.43 bits per heavy atom. The van der Waals surface area contributed by atoms with Gasteiger partial charge in [0, 0.05) is 9.76 Å². The van der Waals surface area contributed by atoms with Crippen LogP contribution in [-0.2, 0) is 0 Å². The summed E-state index contributed by atoms with van der Waals surface area (Å²) in [6.07, 6.45) is 2.88. The number of rotatable bonds is 3. The molecule has 0 aromatic carbocycles. The minimum absolute atomic E-state index is 1.01. The SMILES string of the molecule is C=CCC[SiH](O)[SiH3]. The first-order valence-corrected chi connectivity index (χ1v) is 8.51. The second-order valence-corrected chi connectivity index (χ2v) is 7.99. The molecule has 0 aliphatic carbocycles. The van der Waals surface area contributed by atoms with E-state index in [9.17, 15) is 0 Å². The fourth-order valence-corrected chi connectivity index (χ4v) is 2.08. The van der Waals surface area contributed by atoms with Crippen molar-refractivity contribution in [2.24, 2.45) is 0 Å². The molecule has 42 valence electrons. The van der Waals surface area contributed by atoms with E-state index in [1.807, 2.05) is 6.08 Å². The molecule has 0 spiro atoms. The molecular formula is C4H12OSi2. The molecule has 0 aliphatic heterocycles. The van der Waals surface area contributed by atoms with Gasteiger partial charge < -0.3 is 4.80 Å². The molecule has 0 fully saturated rings. The first-order chi connectivity index (χ1) is 3.27. The summed E-state index contributed by atoms with van der Waals surface area (Å²) in [5.74, 6) is 0. The third-order valence-electron chi connectivity index (χ3n) is 0.789. The van der Waals surface area contributed by atoms with E-state index in [2.05, 4.69) is 6.58 Å². The van der Waals surface area contributed by atoms with Gasteiger partial charge in [-0.2, -0.15) is 0 Å². The summed E-state index contributed by atoms with van der Waals surface area (Å²) in [6, 6.07) is 1.04. The van der Waals surface area contributed by atoms with Crippen molar-refractivity contribution in [3.8, 4) is 0 Å². The average Bonchev–Trinajstić information content (AvgIpc) is 1.61. The van der Waals surface area contributed by atoms with Crippen LogP contribution in [0.3, 0.4) is 0 Å². The van der Waals surface area contributed by atoms with Gasteiger partial charge >= 0.3 is 0 Å². The highest BCUT2D eigenvalue weighted by atomic mass is 29.2. The minimum atomic E-state index is -1.12. The Morgan fingerprint density at radius 1 is 1.86 bits per heavy atom. The standard InChI is InChI=1S/C4H12OSi2/c1-2-3-4-7(5)6/h2,5,7H,1,3-4H2,6H3. The first kappa shape index (κ1) is 7.13. The van der Waals surface area contributed by atoms with Crippen LogP contribution in [0.4, 0.5) is 0 Å². The lowest BCUT2D eigenvalue weighted by Crippen LogP contribution is -2.09. The zero-order valence-electron chi connectivity index (χ0n) is 4.72. The Bertz CT molecular complexity index is 53.7. The third kappa shape index (κ3) is 6.13. The van der Waals surface area contributed by atoms with Gasteiger partial charge in [-0.1, -0.05) is 6.08 Å². The fraction of sp³-hybridized carbons (Fsp3) is 0.500. The Kier molecular flexibility index (Phi) is 4.38. The molecule has 7 heavy (non-hydrogen) atoms. The summed E-state index contributed by atoms with van der Waals surface area (Å²) in [5, 5.41) is 0. The van der Waals surface area contributed by atoms with Gasteiger partial charge in [0.05, 0.1) is 0 Å². The van der Waals surface area contributed by atoms with Crippen LogP contribution in [0.5, 0.6) is 0 Å². The van der Waals surface area contributed by atoms with Gasteiger partial charge in [-0.05, 0) is 12.5 Å². The summed E-state index contributed by atoms with van der Waals surface area (Å²) in [5.41, 5.74) is 0. The van der Waals surface area contributed by atoms with Gasteiger partial charge in [-0.25, -0.2) is 0 Å². The van der Waals surface area contributed by atoms with Crippen molar-refractivity contribution >= 4 is 18.3 Å². The highest BCUT2D eigenvalue weighted by molar-refractivity contribution is 6.98. The summed E-state index contributed by atoms with van der Waals surface area (Å²) in [7, 11) is -0.0907. The van der Waals surface area contributed by atoms with E-state index >= 15 is 0 Å². The monoisotopic (exact) mass is 132 g/mol. The van der Waals surface area contributed by atoms with Gasteiger partial charge in [0.25, 0.3) is 0 Å². The van der Waals surface area contributed by atoms with E-state index in [4.69, 9.17) is 4.80 Å². The quantitative estimate of drug-likeness (QED) is 0.391. The maximum absolute atomic E-state index is 8.84. The predicted molar refractivity (Wildman–Crippen MR) is 38.9 cm³/mol. The lowest BCUT2D eigenvalue weighted by Gasteiger charge is -1.93. The van der Waals surface area contributed by atoms with Crippen LogP contribution in [-0.4, -0.2) is 23.1 Å². The van der Waals surface area contributed by atoms with Crippen LogP contribution >= 0.6 is 0 Å². The molecule has 0 amide bonds. The largest absolute Gasteiger partial charge is 0.439 e. The van der Waals surface area contributed by atoms with Crippen molar-refractivity contribution in [2.45, 2.75) is 12.5 Å². The molecule has 0 saturated carbocycles. The lowest BCUT2D eigenvalue weighted by molar-refractivity contribution is 0.591. The summed E-state index contributed by atoms with van der Waals surface area (Å²) in [4.78, 5) is 8.84. The second kappa shape index (κ2) is 4.30. The van der Waals surface area contributed by atoms with Gasteiger partial charge in [0.15, 0.2) is 0 Å². The van der Waals surface area contributed by atoms with Crippen LogP contribution in [0.1, 0.15) is 6.42 Å². The lowest BCUT2D eigenvalue weighted by atomic mass is 10.5. The topological polar surface area (TPSA) is 20.2 Å². The van der Waals surface area contributed by atoms with Gasteiger partial charge in [-0.15, -0.1) is 6.58 Å². The Balaban J connectivity index is 2.81. The smallest absolute Gasteiger partial charge is 0.149 e. The van der Waals surface area contributed by atoms with Crippen molar-refractivity contribution < 1.29 is 4.80 Å². The second-order valence-electron chi connectivity index (χ2n) is 1.72. The van der Waals surface area contributed by atoms with Crippen molar-refractivity contribution in [1.82, 2.24) is 0 Å². The average molecular weight is 132 g/mol. The van der Waals surface area contributed by atoms with Gasteiger partial charge in [-0.3, -0.25) is 0 Å². The molecule has 0 rings (SSSR count). The Hall–Kier alpha value is 0.134. The minimum Gasteiger partial charge on any atom is -0.439 e. The summed E-state index contributed by atoms with van der Waals surface area (Å²) < 4.78 is 0. The van der Waals surface area contributed by atoms with E-state index in [1.54, 1.807) is 0 Å². The molecule has 0 aromatic rings. The number of allylic oxidation sites excluding steroid dienone is 1. The van der Waals surface area contributed by atoms with Crippen LogP contribution in [0.15, 0.2) is 12.7 Å². The van der Waals surface area contributed by atoms with Crippen LogP contribution in [0, 0.1) is 0 Å². The maximum Gasteiger partial charge on any atom is 0.149 e. The Labute approximate surface area is 49.0 Å². The van der Waals surface area contributed by atoms with E-state index in [0.29, 0.717) is 0 Å². The highest BCUT2D eigenvalue weighted by Crippen LogP contribution is 1.89. The zero-order chi connectivity index (χ0) is 5.70. The van der Waals surface area contributed by atoms with E-state index < -0.39 is 8.56 Å². The van der Waals surface area contributed by atoms with E-state index in [-0.39, 0.29) is 0 Å². The molecule has 1 nitrogen and oxygen atoms in total. The number of hydrogen-bond acceptors (Lipinski definition) is 1. The highest BCUT2D eigenvalue weighted by Gasteiger charge is 1.92. The Morgan fingerprint density at radius 3 is 2.57 bits per heavy atom. The number of hydrogen-bond donors (Lipinski definition) is 1. The molecule has 1 unspecified atom stereocenters. The predicted octanol–water partition coefficient (Wildman–Crippen LogP) is -0.859. The molecule has 1 atom stereocenters. The fourth-order valence-electron chi connectivity index (χ4n) is 0.359. The van der Waals surface area contributed by atoms with Crippen LogP contribution < -0.4 is 0 Å². The summed E-state index contributed by atoms with van der Waals surface area (Å²) in [6.45, 7) is 3.56. The maximum atomic E-state index is 8.84. The molecule has 0 radical (unpaired) electrons. The van der Waals surface area contributed by atoms with Gasteiger partial charge in [0.1, 0.15) is 8.56 Å². The van der Waals surface area contributed by atoms with Crippen molar-refractivity contribution in [3.63, 3.8) is 0 Å². The summed E-state index contributed by atoms with van der Waals surface area (Å²) >= 11 is 0. The van der Waals surface area contributed by atoms with Gasteiger partial charge in [0.2, 0.25) is 0 Å². The molecule has 0 bridgehead atoms. The first-order valence-electron chi connectivity index (χ1n) is 2.56. The molecule has 1 N–H and O–H groups in total. The molecule has 0 heterocycles. The van der Waals surface area contributed by atoms with Crippen molar-refractivity contribution in [1.29, 1.82) is 0 Å². The molecule has 3 heteroatoms.